The highest BCUT2D eigenvalue weighted by Gasteiger charge is 2.29. The number of ether oxygens (including phenoxy) is 1. The molecule has 3 rings (SSSR count). The predicted octanol–water partition coefficient (Wildman–Crippen LogP) is 4.20. The van der Waals surface area contributed by atoms with Gasteiger partial charge in [-0.1, -0.05) is 6.07 Å². The minimum absolute atomic E-state index is 0.336. The van der Waals surface area contributed by atoms with Gasteiger partial charge in [0.2, 0.25) is 0 Å². The molecule has 1 aliphatic rings. The number of anilines is 1. The van der Waals surface area contributed by atoms with Crippen molar-refractivity contribution in [2.75, 3.05) is 24.7 Å². The third-order valence-corrected chi connectivity index (χ3v) is 5.93. The third-order valence-electron chi connectivity index (χ3n) is 3.28. The quantitative estimate of drug-likeness (QED) is 0.847. The number of thioether (sulfide) groups is 1. The molecule has 1 atom stereocenters. The lowest BCUT2D eigenvalue weighted by atomic mass is 10.3. The molecule has 0 aliphatic carbocycles. The van der Waals surface area contributed by atoms with Crippen LogP contribution < -0.4 is 10.1 Å². The van der Waals surface area contributed by atoms with Gasteiger partial charge in [0.1, 0.15) is 11.1 Å². The van der Waals surface area contributed by atoms with Crippen LogP contribution in [0.1, 0.15) is 10.3 Å². The first-order chi connectivity index (χ1) is 10.3. The summed E-state index contributed by atoms with van der Waals surface area (Å²) in [5.41, 5.74) is 0.989. The molecule has 0 spiro atoms. The van der Waals surface area contributed by atoms with Gasteiger partial charge in [-0.2, -0.15) is 0 Å². The first-order valence-electron chi connectivity index (χ1n) is 6.64. The lowest BCUT2D eigenvalue weighted by Crippen LogP contribution is -2.33. The first kappa shape index (κ1) is 14.7. The highest BCUT2D eigenvalue weighted by Crippen LogP contribution is 2.40. The van der Waals surface area contributed by atoms with Crippen LogP contribution in [0.2, 0.25) is 0 Å². The van der Waals surface area contributed by atoms with E-state index in [4.69, 9.17) is 17.0 Å². The zero-order valence-electron chi connectivity index (χ0n) is 11.6. The molecule has 2 aromatic rings. The Bertz CT molecular complexity index is 598. The summed E-state index contributed by atoms with van der Waals surface area (Å²) in [7, 11) is 1.67. The Morgan fingerprint density at radius 3 is 2.81 bits per heavy atom. The lowest BCUT2D eigenvalue weighted by molar-refractivity contribution is 0.415. The van der Waals surface area contributed by atoms with E-state index in [0.29, 0.717) is 5.37 Å². The molecule has 1 aromatic carbocycles. The molecular formula is C15H16N2OS3. The monoisotopic (exact) mass is 336 g/mol. The minimum Gasteiger partial charge on any atom is -0.497 e. The van der Waals surface area contributed by atoms with Crippen molar-refractivity contribution in [2.24, 2.45) is 0 Å². The topological polar surface area (TPSA) is 24.5 Å². The lowest BCUT2D eigenvalue weighted by Gasteiger charge is -2.26. The van der Waals surface area contributed by atoms with Crippen LogP contribution in [0.25, 0.3) is 0 Å². The van der Waals surface area contributed by atoms with E-state index in [0.717, 1.165) is 28.8 Å². The molecule has 2 heterocycles. The number of hydrogen-bond donors (Lipinski definition) is 1. The molecule has 0 radical (unpaired) electrons. The molecule has 1 N–H and O–H groups in total. The second kappa shape index (κ2) is 6.68. The molecule has 1 aromatic heterocycles. The van der Waals surface area contributed by atoms with E-state index in [-0.39, 0.29) is 0 Å². The maximum absolute atomic E-state index is 5.58. The normalized spacial score (nSPS) is 17.8. The average Bonchev–Trinajstić information content (AvgIpc) is 3.18. The zero-order chi connectivity index (χ0) is 14.7. The van der Waals surface area contributed by atoms with Crippen LogP contribution in [0.3, 0.4) is 0 Å². The Morgan fingerprint density at radius 1 is 1.33 bits per heavy atom. The van der Waals surface area contributed by atoms with Crippen molar-refractivity contribution in [3.63, 3.8) is 0 Å². The Hall–Kier alpha value is -1.24. The van der Waals surface area contributed by atoms with Gasteiger partial charge >= 0.3 is 0 Å². The second-order valence-electron chi connectivity index (χ2n) is 4.59. The van der Waals surface area contributed by atoms with Crippen LogP contribution >= 0.6 is 35.3 Å². The van der Waals surface area contributed by atoms with E-state index < -0.39 is 0 Å². The number of thiocarbonyl (C=S) groups is 1. The van der Waals surface area contributed by atoms with Crippen LogP contribution in [0.15, 0.2) is 41.8 Å². The maximum atomic E-state index is 5.58. The zero-order valence-corrected chi connectivity index (χ0v) is 14.1. The van der Waals surface area contributed by atoms with Crippen molar-refractivity contribution in [2.45, 2.75) is 5.37 Å². The van der Waals surface area contributed by atoms with Gasteiger partial charge in [-0.25, -0.2) is 0 Å². The summed E-state index contributed by atoms with van der Waals surface area (Å²) in [5.74, 6) is 1.95. The average molecular weight is 337 g/mol. The fraction of sp³-hybridized carbons (Fsp3) is 0.267. The van der Waals surface area contributed by atoms with Crippen LogP contribution in [-0.2, 0) is 0 Å². The highest BCUT2D eigenvalue weighted by molar-refractivity contribution is 7.99. The molecule has 1 aliphatic heterocycles. The Morgan fingerprint density at radius 2 is 2.14 bits per heavy atom. The number of benzene rings is 1. The van der Waals surface area contributed by atoms with E-state index in [9.17, 15) is 0 Å². The molecule has 0 saturated carbocycles. The third kappa shape index (κ3) is 3.33. The predicted molar refractivity (Wildman–Crippen MR) is 95.4 cm³/mol. The Labute approximate surface area is 138 Å². The number of hydrogen-bond acceptors (Lipinski definition) is 4. The summed E-state index contributed by atoms with van der Waals surface area (Å²) >= 11 is 9.31. The van der Waals surface area contributed by atoms with Gasteiger partial charge in [0, 0.05) is 22.9 Å². The standard InChI is InChI=1S/C15H16N2OS3/c1-18-12-6-4-11(5-7-12)16-15(19)17-8-10-21-14(17)13-3-2-9-20-13/h2-7,9,14H,8,10H2,1H3,(H,16,19)/t14-/m1/s1. The molecule has 1 saturated heterocycles. The molecule has 6 heteroatoms. The van der Waals surface area contributed by atoms with Crippen molar-refractivity contribution >= 4 is 46.1 Å². The molecule has 1 fully saturated rings. The molecule has 3 nitrogen and oxygen atoms in total. The first-order valence-corrected chi connectivity index (χ1v) is 8.98. The highest BCUT2D eigenvalue weighted by atomic mass is 32.2. The van der Waals surface area contributed by atoms with Crippen molar-refractivity contribution in [3.8, 4) is 5.75 Å². The van der Waals surface area contributed by atoms with Crippen LogP contribution in [-0.4, -0.2) is 29.4 Å². The Balaban J connectivity index is 1.69. The van der Waals surface area contributed by atoms with Gasteiger partial charge < -0.3 is 15.0 Å². The van der Waals surface area contributed by atoms with Gasteiger partial charge in [0.05, 0.1) is 7.11 Å². The van der Waals surface area contributed by atoms with Crippen LogP contribution in [0.4, 0.5) is 5.69 Å². The summed E-state index contributed by atoms with van der Waals surface area (Å²) in [6, 6.07) is 12.1. The van der Waals surface area contributed by atoms with E-state index in [2.05, 4.69) is 27.7 Å². The van der Waals surface area contributed by atoms with Gasteiger partial charge in [0.15, 0.2) is 5.11 Å². The van der Waals surface area contributed by atoms with Crippen molar-refractivity contribution < 1.29 is 4.74 Å². The van der Waals surface area contributed by atoms with Crippen molar-refractivity contribution in [1.82, 2.24) is 4.90 Å². The van der Waals surface area contributed by atoms with Crippen molar-refractivity contribution in [1.29, 1.82) is 0 Å². The molecule has 21 heavy (non-hydrogen) atoms. The number of nitrogens with one attached hydrogen (secondary N) is 1. The maximum Gasteiger partial charge on any atom is 0.174 e. The number of nitrogens with zero attached hydrogens (tertiary/aromatic N) is 1. The smallest absolute Gasteiger partial charge is 0.174 e. The number of rotatable bonds is 3. The van der Waals surface area contributed by atoms with Crippen LogP contribution in [0, 0.1) is 0 Å². The molecule has 110 valence electrons. The minimum atomic E-state index is 0.336. The summed E-state index contributed by atoms with van der Waals surface area (Å²) in [4.78, 5) is 3.62. The molecule has 0 amide bonds. The fourth-order valence-corrected chi connectivity index (χ4v) is 4.84. The van der Waals surface area contributed by atoms with E-state index in [1.54, 1.807) is 18.4 Å². The van der Waals surface area contributed by atoms with Gasteiger partial charge in [-0.05, 0) is 47.9 Å². The van der Waals surface area contributed by atoms with Gasteiger partial charge in [0.25, 0.3) is 0 Å². The van der Waals surface area contributed by atoms with Gasteiger partial charge in [-0.3, -0.25) is 0 Å². The molecule has 0 unspecified atom stereocenters. The largest absolute Gasteiger partial charge is 0.497 e. The molecular weight excluding hydrogens is 320 g/mol. The Kier molecular flexibility index (Phi) is 4.67. The fourth-order valence-electron chi connectivity index (χ4n) is 2.22. The van der Waals surface area contributed by atoms with Crippen LogP contribution in [0.5, 0.6) is 5.75 Å². The summed E-state index contributed by atoms with van der Waals surface area (Å²) < 4.78 is 5.17. The summed E-state index contributed by atoms with van der Waals surface area (Å²) in [5, 5.41) is 6.56. The second-order valence-corrected chi connectivity index (χ2v) is 7.14. The van der Waals surface area contributed by atoms with E-state index in [1.165, 1.54) is 4.88 Å². The number of methoxy groups -OCH3 is 1. The number of thiophene rings is 1. The van der Waals surface area contributed by atoms with Crippen molar-refractivity contribution in [3.05, 3.63) is 46.7 Å². The molecule has 0 bridgehead atoms. The van der Waals surface area contributed by atoms with E-state index >= 15 is 0 Å². The van der Waals surface area contributed by atoms with Gasteiger partial charge in [-0.15, -0.1) is 23.1 Å². The van der Waals surface area contributed by atoms with E-state index in [1.807, 2.05) is 36.0 Å². The summed E-state index contributed by atoms with van der Waals surface area (Å²) in [6.45, 7) is 0.981. The summed E-state index contributed by atoms with van der Waals surface area (Å²) in [6.07, 6.45) is 0. The SMILES string of the molecule is COc1ccc(NC(=S)N2CCS[C@@H]2c2cccs2)cc1.